The van der Waals surface area contributed by atoms with Gasteiger partial charge in [0, 0.05) is 11.5 Å². The molecule has 0 aliphatic heterocycles. The zero-order valence-corrected chi connectivity index (χ0v) is 8.12. The first-order chi connectivity index (χ1) is 5.75. The highest BCUT2D eigenvalue weighted by molar-refractivity contribution is 14.1. The molecule has 2 nitrogen and oxygen atoms in total. The molecular weight excluding hydrogens is 270 g/mol. The van der Waals surface area contributed by atoms with Gasteiger partial charge in [-0.2, -0.15) is 0 Å². The largest absolute Gasteiger partial charge is 0.207 e. The van der Waals surface area contributed by atoms with Crippen LogP contribution < -0.4 is 0 Å². The summed E-state index contributed by atoms with van der Waals surface area (Å²) in [6.45, 7) is 0. The Kier molecular flexibility index (Phi) is 1.92. The number of hydrogen-bond donors (Lipinski definition) is 0. The van der Waals surface area contributed by atoms with E-state index < -0.39 is 0 Å². The number of fused-ring (bicyclic) bond motifs is 1. The molecule has 2 aromatic rings. The lowest BCUT2D eigenvalue weighted by Gasteiger charge is -1.95. The van der Waals surface area contributed by atoms with E-state index >= 15 is 0 Å². The van der Waals surface area contributed by atoms with Gasteiger partial charge in [0.1, 0.15) is 9.52 Å². The molecule has 0 amide bonds. The lowest BCUT2D eigenvalue weighted by molar-refractivity contribution is 0.629. The van der Waals surface area contributed by atoms with Crippen LogP contribution in [0.2, 0.25) is 0 Å². The van der Waals surface area contributed by atoms with Gasteiger partial charge >= 0.3 is 0 Å². The fourth-order valence-corrected chi connectivity index (χ4v) is 1.43. The van der Waals surface area contributed by atoms with Gasteiger partial charge in [0.15, 0.2) is 0 Å². The van der Waals surface area contributed by atoms with E-state index in [1.165, 1.54) is 12.1 Å². The summed E-state index contributed by atoms with van der Waals surface area (Å²) in [4.78, 5) is 0. The maximum absolute atomic E-state index is 12.7. The number of rotatable bonds is 0. The minimum Gasteiger partial charge on any atom is -0.207 e. The van der Waals surface area contributed by atoms with Crippen molar-refractivity contribution >= 4 is 33.5 Å². The average molecular weight is 274 g/mol. The van der Waals surface area contributed by atoms with Crippen LogP contribution in [0.1, 0.15) is 0 Å². The Morgan fingerprint density at radius 2 is 2.00 bits per heavy atom. The third kappa shape index (κ3) is 1.38. The van der Waals surface area contributed by atoms with Gasteiger partial charge in [-0.05, 0) is 40.8 Å². The van der Waals surface area contributed by atoms with Crippen LogP contribution in [0.4, 0.5) is 4.39 Å². The molecule has 4 heteroatoms. The Morgan fingerprint density at radius 3 is 2.83 bits per heavy atom. The number of benzene rings is 1. The zero-order valence-electron chi connectivity index (χ0n) is 5.96. The molecule has 0 N–H and O–H groups in total. The molecule has 0 aliphatic carbocycles. The second-order valence-corrected chi connectivity index (χ2v) is 3.48. The molecule has 1 heterocycles. The smallest absolute Gasteiger partial charge is 0.125 e. The topological polar surface area (TPSA) is 25.8 Å². The summed E-state index contributed by atoms with van der Waals surface area (Å²) < 4.78 is 13.5. The lowest BCUT2D eigenvalue weighted by atomic mass is 10.2. The molecule has 0 atom stereocenters. The summed E-state index contributed by atoms with van der Waals surface area (Å²) in [7, 11) is 0. The Hall–Kier alpha value is -0.780. The predicted octanol–water partition coefficient (Wildman–Crippen LogP) is 2.37. The zero-order chi connectivity index (χ0) is 8.55. The van der Waals surface area contributed by atoms with Crippen LogP contribution >= 0.6 is 22.6 Å². The Labute approximate surface area is 81.9 Å². The fraction of sp³-hybridized carbons (Fsp3) is 0. The highest BCUT2D eigenvalue weighted by Crippen LogP contribution is 2.13. The average Bonchev–Trinajstić information content (AvgIpc) is 2.05. The van der Waals surface area contributed by atoms with Crippen LogP contribution in [0.3, 0.4) is 0 Å². The molecule has 0 fully saturated rings. The summed E-state index contributed by atoms with van der Waals surface area (Å²) in [6.07, 6.45) is 0. The number of nitrogens with zero attached hydrogens (tertiary/aromatic N) is 2. The van der Waals surface area contributed by atoms with Crippen molar-refractivity contribution < 1.29 is 4.39 Å². The van der Waals surface area contributed by atoms with Crippen molar-refractivity contribution in [3.63, 3.8) is 0 Å². The second-order valence-electron chi connectivity index (χ2n) is 2.37. The van der Waals surface area contributed by atoms with Gasteiger partial charge in [-0.15, -0.1) is 10.2 Å². The van der Waals surface area contributed by atoms with Gasteiger partial charge in [-0.1, -0.05) is 0 Å². The molecular formula is C8H4FIN2. The minimum absolute atomic E-state index is 0.280. The van der Waals surface area contributed by atoms with E-state index in [1.54, 1.807) is 6.07 Å². The van der Waals surface area contributed by atoms with Crippen LogP contribution in [0.25, 0.3) is 10.9 Å². The van der Waals surface area contributed by atoms with Gasteiger partial charge in [0.05, 0.1) is 5.52 Å². The number of halogens is 2. The standard InChI is InChI=1S/C8H4FIN2/c9-6-2-1-5-3-8(10)12-11-7(5)4-6/h1-4H. The first kappa shape index (κ1) is 7.85. The maximum atomic E-state index is 12.7. The monoisotopic (exact) mass is 274 g/mol. The van der Waals surface area contributed by atoms with E-state index in [1.807, 2.05) is 6.07 Å². The second kappa shape index (κ2) is 2.93. The summed E-state index contributed by atoms with van der Waals surface area (Å²) in [5, 5.41) is 8.58. The van der Waals surface area contributed by atoms with Crippen molar-refractivity contribution in [2.45, 2.75) is 0 Å². The summed E-state index contributed by atoms with van der Waals surface area (Å²) in [6, 6.07) is 6.35. The van der Waals surface area contributed by atoms with Crippen LogP contribution in [0, 0.1) is 9.52 Å². The normalized spacial score (nSPS) is 10.5. The highest BCUT2D eigenvalue weighted by atomic mass is 127. The Morgan fingerprint density at radius 1 is 1.17 bits per heavy atom. The van der Waals surface area contributed by atoms with Gasteiger partial charge in [0.2, 0.25) is 0 Å². The van der Waals surface area contributed by atoms with Crippen LogP contribution in [-0.4, -0.2) is 10.2 Å². The van der Waals surface area contributed by atoms with E-state index in [0.29, 0.717) is 5.52 Å². The van der Waals surface area contributed by atoms with E-state index in [4.69, 9.17) is 0 Å². The molecule has 0 bridgehead atoms. The van der Waals surface area contributed by atoms with E-state index in [9.17, 15) is 4.39 Å². The predicted molar refractivity (Wildman–Crippen MR) is 52.2 cm³/mol. The maximum Gasteiger partial charge on any atom is 0.125 e. The molecule has 2 rings (SSSR count). The van der Waals surface area contributed by atoms with Crippen molar-refractivity contribution in [2.75, 3.05) is 0 Å². The van der Waals surface area contributed by atoms with E-state index in [2.05, 4.69) is 32.8 Å². The summed E-state index contributed by atoms with van der Waals surface area (Å²) in [5.74, 6) is -0.280. The molecule has 1 aromatic heterocycles. The van der Waals surface area contributed by atoms with Crippen molar-refractivity contribution in [1.82, 2.24) is 10.2 Å². The Bertz CT molecular complexity index is 389. The molecule has 0 radical (unpaired) electrons. The first-order valence-corrected chi connectivity index (χ1v) is 4.42. The van der Waals surface area contributed by atoms with Gasteiger partial charge in [0.25, 0.3) is 0 Å². The third-order valence-corrected chi connectivity index (χ3v) is 2.05. The van der Waals surface area contributed by atoms with E-state index in [-0.39, 0.29) is 5.82 Å². The van der Waals surface area contributed by atoms with Crippen molar-refractivity contribution in [2.24, 2.45) is 0 Å². The molecule has 0 saturated heterocycles. The summed E-state index contributed by atoms with van der Waals surface area (Å²) >= 11 is 2.07. The van der Waals surface area contributed by atoms with Crippen molar-refractivity contribution in [3.05, 3.63) is 33.8 Å². The fourth-order valence-electron chi connectivity index (χ4n) is 0.984. The molecule has 0 aliphatic rings. The Balaban J connectivity index is 2.79. The molecule has 0 spiro atoms. The molecule has 60 valence electrons. The number of hydrogen-bond acceptors (Lipinski definition) is 2. The quantitative estimate of drug-likeness (QED) is 0.689. The lowest BCUT2D eigenvalue weighted by Crippen LogP contribution is -1.87. The van der Waals surface area contributed by atoms with Gasteiger partial charge in [-0.3, -0.25) is 0 Å². The minimum atomic E-state index is -0.280. The summed E-state index contributed by atoms with van der Waals surface area (Å²) in [5.41, 5.74) is 0.593. The third-order valence-electron chi connectivity index (χ3n) is 1.52. The van der Waals surface area contributed by atoms with Gasteiger partial charge in [-0.25, -0.2) is 4.39 Å². The van der Waals surface area contributed by atoms with Crippen LogP contribution in [-0.2, 0) is 0 Å². The van der Waals surface area contributed by atoms with Crippen LogP contribution in [0.15, 0.2) is 24.3 Å². The van der Waals surface area contributed by atoms with Crippen molar-refractivity contribution in [3.8, 4) is 0 Å². The molecule has 1 aromatic carbocycles. The molecule has 0 saturated carbocycles. The van der Waals surface area contributed by atoms with E-state index in [0.717, 1.165) is 9.09 Å². The van der Waals surface area contributed by atoms with Gasteiger partial charge < -0.3 is 0 Å². The SMILES string of the molecule is Fc1ccc2cc(I)nnc2c1. The van der Waals surface area contributed by atoms with Crippen molar-refractivity contribution in [1.29, 1.82) is 0 Å². The van der Waals surface area contributed by atoms with Crippen LogP contribution in [0.5, 0.6) is 0 Å². The molecule has 12 heavy (non-hydrogen) atoms. The number of aromatic nitrogens is 2. The molecule has 0 unspecified atom stereocenters. The highest BCUT2D eigenvalue weighted by Gasteiger charge is 1.97. The first-order valence-electron chi connectivity index (χ1n) is 3.34.